The number of aromatic nitrogens is 2. The van der Waals surface area contributed by atoms with Crippen molar-refractivity contribution in [1.82, 2.24) is 9.97 Å². The van der Waals surface area contributed by atoms with Crippen molar-refractivity contribution in [2.24, 2.45) is 0 Å². The van der Waals surface area contributed by atoms with Crippen LogP contribution in [0.2, 0.25) is 0 Å². The zero-order valence-corrected chi connectivity index (χ0v) is 9.53. The van der Waals surface area contributed by atoms with E-state index in [9.17, 15) is 10.1 Å². The average Bonchev–Trinajstić information content (AvgIpc) is 2.32. The highest BCUT2D eigenvalue weighted by Crippen LogP contribution is 2.32. The van der Waals surface area contributed by atoms with Crippen LogP contribution in [0.3, 0.4) is 0 Å². The van der Waals surface area contributed by atoms with Crippen molar-refractivity contribution in [3.05, 3.63) is 46.3 Å². The van der Waals surface area contributed by atoms with Crippen LogP contribution in [0, 0.1) is 17.0 Å². The van der Waals surface area contributed by atoms with E-state index in [1.165, 1.54) is 18.5 Å². The van der Waals surface area contributed by atoms with Crippen molar-refractivity contribution in [3.8, 4) is 11.6 Å². The van der Waals surface area contributed by atoms with E-state index in [1.807, 2.05) is 0 Å². The standard InChI is InChI=1S/C11H10N4O3/c1-7-3-2-4-8(11(7)15(16)17)18-10-6-13-9(12)5-14-10/h2-6H,1H3,(H2,12,13). The van der Waals surface area contributed by atoms with Gasteiger partial charge in [0.1, 0.15) is 5.82 Å². The minimum Gasteiger partial charge on any atom is -0.430 e. The summed E-state index contributed by atoms with van der Waals surface area (Å²) in [5, 5.41) is 11.0. The minimum atomic E-state index is -0.491. The maximum atomic E-state index is 11.0. The molecular formula is C11H10N4O3. The van der Waals surface area contributed by atoms with Crippen LogP contribution in [0.15, 0.2) is 30.6 Å². The number of nitrogens with two attached hydrogens (primary N) is 1. The number of aryl methyl sites for hydroxylation is 1. The molecule has 7 heteroatoms. The number of ether oxygens (including phenoxy) is 1. The van der Waals surface area contributed by atoms with Crippen LogP contribution in [0.1, 0.15) is 5.56 Å². The van der Waals surface area contributed by atoms with E-state index in [2.05, 4.69) is 9.97 Å². The third-order valence-corrected chi connectivity index (χ3v) is 2.25. The summed E-state index contributed by atoms with van der Waals surface area (Å²) in [5.74, 6) is 0.526. The van der Waals surface area contributed by atoms with E-state index >= 15 is 0 Å². The molecule has 18 heavy (non-hydrogen) atoms. The molecule has 1 aromatic heterocycles. The number of nitro groups is 1. The molecule has 2 N–H and O–H groups in total. The van der Waals surface area contributed by atoms with Gasteiger partial charge >= 0.3 is 5.69 Å². The summed E-state index contributed by atoms with van der Waals surface area (Å²) >= 11 is 0. The molecule has 0 aliphatic heterocycles. The first kappa shape index (κ1) is 11.8. The van der Waals surface area contributed by atoms with Gasteiger partial charge in [0, 0.05) is 5.56 Å². The number of nitrogen functional groups attached to an aromatic ring is 1. The first-order chi connectivity index (χ1) is 8.58. The third-order valence-electron chi connectivity index (χ3n) is 2.25. The zero-order chi connectivity index (χ0) is 13.1. The monoisotopic (exact) mass is 246 g/mol. The minimum absolute atomic E-state index is 0.0869. The molecule has 0 amide bonds. The molecule has 7 nitrogen and oxygen atoms in total. The Morgan fingerprint density at radius 1 is 1.33 bits per heavy atom. The van der Waals surface area contributed by atoms with E-state index in [0.29, 0.717) is 5.56 Å². The van der Waals surface area contributed by atoms with Crippen LogP contribution in [-0.4, -0.2) is 14.9 Å². The van der Waals surface area contributed by atoms with Crippen LogP contribution in [0.4, 0.5) is 11.5 Å². The maximum absolute atomic E-state index is 11.0. The van der Waals surface area contributed by atoms with Crippen LogP contribution in [0.25, 0.3) is 0 Å². The lowest BCUT2D eigenvalue weighted by molar-refractivity contribution is -0.386. The molecule has 0 fully saturated rings. The zero-order valence-electron chi connectivity index (χ0n) is 9.53. The fraction of sp³-hybridized carbons (Fsp3) is 0.0909. The highest BCUT2D eigenvalue weighted by molar-refractivity contribution is 5.53. The van der Waals surface area contributed by atoms with E-state index in [0.717, 1.165) is 0 Å². The van der Waals surface area contributed by atoms with Gasteiger partial charge in [-0.05, 0) is 13.0 Å². The van der Waals surface area contributed by atoms with E-state index in [-0.39, 0.29) is 23.1 Å². The van der Waals surface area contributed by atoms with Gasteiger partial charge in [-0.15, -0.1) is 0 Å². The number of benzene rings is 1. The summed E-state index contributed by atoms with van der Waals surface area (Å²) in [4.78, 5) is 18.1. The third kappa shape index (κ3) is 2.34. The molecule has 0 saturated carbocycles. The molecule has 0 spiro atoms. The Morgan fingerprint density at radius 2 is 2.11 bits per heavy atom. The first-order valence-corrected chi connectivity index (χ1v) is 5.07. The summed E-state index contributed by atoms with van der Waals surface area (Å²) in [5.41, 5.74) is 5.81. The molecule has 0 bridgehead atoms. The Bertz CT molecular complexity index is 583. The number of hydrogen-bond donors (Lipinski definition) is 1. The molecule has 1 heterocycles. The second-order valence-corrected chi connectivity index (χ2v) is 3.56. The number of nitrogens with zero attached hydrogens (tertiary/aromatic N) is 3. The number of hydrogen-bond acceptors (Lipinski definition) is 6. The summed E-state index contributed by atoms with van der Waals surface area (Å²) in [6.07, 6.45) is 2.62. The summed E-state index contributed by atoms with van der Waals surface area (Å²) in [7, 11) is 0. The second-order valence-electron chi connectivity index (χ2n) is 3.56. The van der Waals surface area contributed by atoms with Crippen molar-refractivity contribution in [1.29, 1.82) is 0 Å². The maximum Gasteiger partial charge on any atom is 0.314 e. The smallest absolute Gasteiger partial charge is 0.314 e. The largest absolute Gasteiger partial charge is 0.430 e. The Kier molecular flexibility index (Phi) is 3.05. The first-order valence-electron chi connectivity index (χ1n) is 5.07. The number of nitro benzene ring substituents is 1. The summed E-state index contributed by atoms with van der Waals surface area (Å²) in [6.45, 7) is 1.64. The van der Waals surface area contributed by atoms with Gasteiger partial charge in [0.15, 0.2) is 0 Å². The van der Waals surface area contributed by atoms with Crippen molar-refractivity contribution >= 4 is 11.5 Å². The number of rotatable bonds is 3. The highest BCUT2D eigenvalue weighted by atomic mass is 16.6. The lowest BCUT2D eigenvalue weighted by atomic mass is 10.2. The molecular weight excluding hydrogens is 236 g/mol. The van der Waals surface area contributed by atoms with Gasteiger partial charge in [0.25, 0.3) is 0 Å². The quantitative estimate of drug-likeness (QED) is 0.656. The van der Waals surface area contributed by atoms with Crippen molar-refractivity contribution in [2.45, 2.75) is 6.92 Å². The fourth-order valence-corrected chi connectivity index (χ4v) is 1.44. The highest BCUT2D eigenvalue weighted by Gasteiger charge is 2.19. The lowest BCUT2D eigenvalue weighted by Crippen LogP contribution is -1.98. The van der Waals surface area contributed by atoms with Crippen molar-refractivity contribution < 1.29 is 9.66 Å². The summed E-state index contributed by atoms with van der Waals surface area (Å²) in [6, 6.07) is 4.81. The Labute approximate surface area is 102 Å². The second kappa shape index (κ2) is 4.66. The molecule has 1 aromatic carbocycles. The van der Waals surface area contributed by atoms with Crippen molar-refractivity contribution in [3.63, 3.8) is 0 Å². The van der Waals surface area contributed by atoms with E-state index < -0.39 is 4.92 Å². The Hall–Kier alpha value is -2.70. The molecule has 0 atom stereocenters. The van der Waals surface area contributed by atoms with Crippen LogP contribution in [-0.2, 0) is 0 Å². The molecule has 92 valence electrons. The van der Waals surface area contributed by atoms with Gasteiger partial charge in [0.2, 0.25) is 11.6 Å². The molecule has 0 unspecified atom stereocenters. The molecule has 0 radical (unpaired) electrons. The lowest BCUT2D eigenvalue weighted by Gasteiger charge is -2.06. The number of para-hydroxylation sites is 1. The van der Waals surface area contributed by atoms with Gasteiger partial charge in [-0.25, -0.2) is 9.97 Å². The molecule has 2 aromatic rings. The predicted molar refractivity (Wildman–Crippen MR) is 64.4 cm³/mol. The van der Waals surface area contributed by atoms with Crippen LogP contribution in [0.5, 0.6) is 11.6 Å². The fourth-order valence-electron chi connectivity index (χ4n) is 1.44. The number of anilines is 1. The normalized spacial score (nSPS) is 10.1. The van der Waals surface area contributed by atoms with E-state index in [1.54, 1.807) is 19.1 Å². The summed E-state index contributed by atoms with van der Waals surface area (Å²) < 4.78 is 5.34. The predicted octanol–water partition coefficient (Wildman–Crippen LogP) is 2.07. The molecule has 0 aliphatic carbocycles. The Morgan fingerprint density at radius 3 is 2.72 bits per heavy atom. The van der Waals surface area contributed by atoms with Crippen LogP contribution < -0.4 is 10.5 Å². The average molecular weight is 246 g/mol. The van der Waals surface area contributed by atoms with Crippen molar-refractivity contribution in [2.75, 3.05) is 5.73 Å². The van der Waals surface area contributed by atoms with Gasteiger partial charge in [0.05, 0.1) is 17.3 Å². The van der Waals surface area contributed by atoms with E-state index in [4.69, 9.17) is 10.5 Å². The van der Waals surface area contributed by atoms with Crippen LogP contribution >= 0.6 is 0 Å². The van der Waals surface area contributed by atoms with Gasteiger partial charge in [-0.2, -0.15) is 0 Å². The molecule has 2 rings (SSSR count). The molecule has 0 aliphatic rings. The Balaban J connectivity index is 2.37. The van der Waals surface area contributed by atoms with Gasteiger partial charge < -0.3 is 10.5 Å². The topological polar surface area (TPSA) is 104 Å². The SMILES string of the molecule is Cc1cccc(Oc2cnc(N)cn2)c1[N+](=O)[O-]. The van der Waals surface area contributed by atoms with Gasteiger partial charge in [-0.1, -0.05) is 12.1 Å². The van der Waals surface area contributed by atoms with Gasteiger partial charge in [-0.3, -0.25) is 10.1 Å². The molecule has 0 saturated heterocycles.